The van der Waals surface area contributed by atoms with Crippen molar-refractivity contribution in [1.82, 2.24) is 20.0 Å². The molecule has 0 aliphatic carbocycles. The number of hydrogen-bond donors (Lipinski definition) is 1. The topological polar surface area (TPSA) is 92.1 Å². The van der Waals surface area contributed by atoms with E-state index in [-0.39, 0.29) is 23.2 Å². The number of pyridine rings is 1. The molecule has 1 atom stereocenters. The number of amides is 1. The summed E-state index contributed by atoms with van der Waals surface area (Å²) < 4.78 is 5.22. The van der Waals surface area contributed by atoms with Crippen LogP contribution in [0.5, 0.6) is 0 Å². The van der Waals surface area contributed by atoms with Crippen LogP contribution in [0.3, 0.4) is 0 Å². The first kappa shape index (κ1) is 13.5. The Labute approximate surface area is 121 Å². The molecule has 21 heavy (non-hydrogen) atoms. The van der Waals surface area contributed by atoms with E-state index in [1.54, 1.807) is 24.0 Å². The summed E-state index contributed by atoms with van der Waals surface area (Å²) in [5.41, 5.74) is -0.00585. The molecule has 0 aromatic carbocycles. The smallest absolute Gasteiger partial charge is 0.271 e. The van der Waals surface area contributed by atoms with Gasteiger partial charge in [0, 0.05) is 12.6 Å². The Bertz CT molecular complexity index is 706. The van der Waals surface area contributed by atoms with Gasteiger partial charge in [-0.2, -0.15) is 4.98 Å². The second-order valence-electron chi connectivity index (χ2n) is 5.12. The molecular formula is C14H16N4O3. The minimum Gasteiger partial charge on any atom is -0.337 e. The molecule has 0 saturated carbocycles. The normalized spacial score (nSPS) is 18.7. The first-order valence-corrected chi connectivity index (χ1v) is 6.95. The molecule has 2 aromatic heterocycles. The highest BCUT2D eigenvalue weighted by molar-refractivity contribution is 5.92. The predicted octanol–water partition coefficient (Wildman–Crippen LogP) is 1.43. The third-order valence-electron chi connectivity index (χ3n) is 3.59. The molecule has 1 aliphatic rings. The number of piperidine rings is 1. The lowest BCUT2D eigenvalue weighted by Crippen LogP contribution is -2.39. The third kappa shape index (κ3) is 2.72. The van der Waals surface area contributed by atoms with Gasteiger partial charge >= 0.3 is 0 Å². The van der Waals surface area contributed by atoms with Crippen LogP contribution >= 0.6 is 0 Å². The number of H-pyrrole nitrogens is 1. The summed E-state index contributed by atoms with van der Waals surface area (Å²) in [6, 6.07) is 4.33. The van der Waals surface area contributed by atoms with Gasteiger partial charge in [-0.3, -0.25) is 9.59 Å². The second kappa shape index (κ2) is 5.51. The van der Waals surface area contributed by atoms with Crippen LogP contribution in [0, 0.1) is 6.92 Å². The van der Waals surface area contributed by atoms with Crippen molar-refractivity contribution in [2.24, 2.45) is 0 Å². The number of nitrogens with one attached hydrogen (secondary N) is 1. The van der Waals surface area contributed by atoms with Crippen molar-refractivity contribution in [3.8, 4) is 0 Å². The third-order valence-corrected chi connectivity index (χ3v) is 3.59. The average molecular weight is 288 g/mol. The molecule has 1 unspecified atom stereocenters. The van der Waals surface area contributed by atoms with Crippen LogP contribution in [0.4, 0.5) is 0 Å². The molecule has 0 spiro atoms. The fraction of sp³-hybridized carbons (Fsp3) is 0.429. The monoisotopic (exact) mass is 288 g/mol. The Morgan fingerprint density at radius 1 is 1.43 bits per heavy atom. The highest BCUT2D eigenvalue weighted by atomic mass is 16.5. The van der Waals surface area contributed by atoms with E-state index in [0.717, 1.165) is 19.3 Å². The van der Waals surface area contributed by atoms with Crippen LogP contribution in [0.25, 0.3) is 0 Å². The van der Waals surface area contributed by atoms with Crippen LogP contribution in [0.1, 0.15) is 47.5 Å². The maximum Gasteiger partial charge on any atom is 0.271 e. The Balaban J connectivity index is 1.90. The van der Waals surface area contributed by atoms with Gasteiger partial charge in [0.15, 0.2) is 5.82 Å². The minimum absolute atomic E-state index is 0.215. The zero-order valence-corrected chi connectivity index (χ0v) is 11.7. The number of aryl methyl sites for hydroxylation is 1. The minimum atomic E-state index is -0.289. The molecule has 1 saturated heterocycles. The number of aromatic nitrogens is 3. The van der Waals surface area contributed by atoms with Crippen molar-refractivity contribution >= 4 is 5.91 Å². The van der Waals surface area contributed by atoms with E-state index in [1.807, 2.05) is 0 Å². The standard InChI is InChI=1S/C14H16N4O3/c1-9-15-13(21-17-9)11-6-2-3-8-18(11)14(20)10-5-4-7-12(19)16-10/h4-5,7,11H,2-3,6,8H2,1H3,(H,16,19). The van der Waals surface area contributed by atoms with Crippen LogP contribution in [0.2, 0.25) is 0 Å². The zero-order chi connectivity index (χ0) is 14.8. The van der Waals surface area contributed by atoms with Crippen LogP contribution in [0.15, 0.2) is 27.5 Å². The lowest BCUT2D eigenvalue weighted by atomic mass is 10.0. The number of nitrogens with zero attached hydrogens (tertiary/aromatic N) is 3. The summed E-state index contributed by atoms with van der Waals surface area (Å²) in [5, 5.41) is 3.79. The highest BCUT2D eigenvalue weighted by Gasteiger charge is 2.32. The van der Waals surface area contributed by atoms with Crippen molar-refractivity contribution in [2.45, 2.75) is 32.2 Å². The van der Waals surface area contributed by atoms with Gasteiger partial charge in [0.05, 0.1) is 0 Å². The molecule has 2 aromatic rings. The highest BCUT2D eigenvalue weighted by Crippen LogP contribution is 2.30. The lowest BCUT2D eigenvalue weighted by molar-refractivity contribution is 0.0555. The Morgan fingerprint density at radius 2 is 2.29 bits per heavy atom. The number of likely N-dealkylation sites (tertiary alicyclic amines) is 1. The Morgan fingerprint density at radius 3 is 3.00 bits per heavy atom. The summed E-state index contributed by atoms with van der Waals surface area (Å²) in [5.74, 6) is 0.795. The summed E-state index contributed by atoms with van der Waals surface area (Å²) in [4.78, 5) is 32.5. The summed E-state index contributed by atoms with van der Waals surface area (Å²) >= 11 is 0. The molecular weight excluding hydrogens is 272 g/mol. The van der Waals surface area contributed by atoms with Crippen LogP contribution < -0.4 is 5.56 Å². The number of carbonyl (C=O) groups excluding carboxylic acids is 1. The van der Waals surface area contributed by atoms with Crippen LogP contribution in [-0.4, -0.2) is 32.5 Å². The molecule has 1 amide bonds. The fourth-order valence-corrected chi connectivity index (χ4v) is 2.61. The fourth-order valence-electron chi connectivity index (χ4n) is 2.61. The summed E-state index contributed by atoms with van der Waals surface area (Å²) in [6.07, 6.45) is 2.71. The molecule has 1 N–H and O–H groups in total. The number of hydrogen-bond acceptors (Lipinski definition) is 5. The maximum atomic E-state index is 12.6. The van der Waals surface area contributed by atoms with E-state index in [1.165, 1.54) is 6.07 Å². The van der Waals surface area contributed by atoms with Crippen molar-refractivity contribution < 1.29 is 9.32 Å². The first-order valence-electron chi connectivity index (χ1n) is 6.95. The van der Waals surface area contributed by atoms with Gasteiger partial charge in [-0.15, -0.1) is 0 Å². The van der Waals surface area contributed by atoms with Gasteiger partial charge in [-0.1, -0.05) is 11.2 Å². The molecule has 7 heteroatoms. The van der Waals surface area contributed by atoms with Gasteiger partial charge in [-0.25, -0.2) is 0 Å². The van der Waals surface area contributed by atoms with Crippen molar-refractivity contribution in [3.63, 3.8) is 0 Å². The molecule has 0 radical (unpaired) electrons. The molecule has 3 rings (SSSR count). The number of aromatic amines is 1. The van der Waals surface area contributed by atoms with E-state index < -0.39 is 0 Å². The van der Waals surface area contributed by atoms with Crippen molar-refractivity contribution in [3.05, 3.63) is 46.0 Å². The van der Waals surface area contributed by atoms with Crippen molar-refractivity contribution in [2.75, 3.05) is 6.54 Å². The summed E-state index contributed by atoms with van der Waals surface area (Å²) in [6.45, 7) is 2.36. The quantitative estimate of drug-likeness (QED) is 0.902. The van der Waals surface area contributed by atoms with Gasteiger partial charge in [0.25, 0.3) is 5.91 Å². The van der Waals surface area contributed by atoms with Gasteiger partial charge in [0.2, 0.25) is 11.4 Å². The Kier molecular flexibility index (Phi) is 3.55. The largest absolute Gasteiger partial charge is 0.337 e. The predicted molar refractivity (Wildman–Crippen MR) is 73.7 cm³/mol. The van der Waals surface area contributed by atoms with E-state index in [4.69, 9.17) is 4.52 Å². The van der Waals surface area contributed by atoms with Crippen molar-refractivity contribution in [1.29, 1.82) is 0 Å². The van der Waals surface area contributed by atoms with Gasteiger partial charge in [0.1, 0.15) is 11.7 Å². The Hall–Kier alpha value is -2.44. The zero-order valence-electron chi connectivity index (χ0n) is 11.7. The molecule has 0 bridgehead atoms. The van der Waals surface area contributed by atoms with Crippen LogP contribution in [-0.2, 0) is 0 Å². The summed E-state index contributed by atoms with van der Waals surface area (Å²) in [7, 11) is 0. The van der Waals surface area contributed by atoms with E-state index >= 15 is 0 Å². The average Bonchev–Trinajstić information content (AvgIpc) is 2.93. The molecule has 1 aliphatic heterocycles. The van der Waals surface area contributed by atoms with Gasteiger partial charge in [-0.05, 0) is 32.3 Å². The van der Waals surface area contributed by atoms with E-state index in [2.05, 4.69) is 15.1 Å². The van der Waals surface area contributed by atoms with Gasteiger partial charge < -0.3 is 14.4 Å². The number of carbonyl (C=O) groups is 1. The lowest BCUT2D eigenvalue weighted by Gasteiger charge is -2.33. The van der Waals surface area contributed by atoms with E-state index in [0.29, 0.717) is 18.3 Å². The SMILES string of the molecule is Cc1noc(C2CCCCN2C(=O)c2cccc(=O)[nH]2)n1. The molecule has 3 heterocycles. The number of rotatable bonds is 2. The second-order valence-corrected chi connectivity index (χ2v) is 5.12. The maximum absolute atomic E-state index is 12.6. The molecule has 110 valence electrons. The van der Waals surface area contributed by atoms with E-state index in [9.17, 15) is 9.59 Å². The molecule has 1 fully saturated rings. The first-order chi connectivity index (χ1) is 10.1. The molecule has 7 nitrogen and oxygen atoms in total.